The summed E-state index contributed by atoms with van der Waals surface area (Å²) in [6.45, 7) is 3.51. The number of hydrogen-bond acceptors (Lipinski definition) is 8. The number of aliphatic hydroxyl groups is 2. The lowest BCUT2D eigenvalue weighted by Gasteiger charge is -2.31. The normalized spacial score (nSPS) is 14.6. The predicted molar refractivity (Wildman–Crippen MR) is 121 cm³/mol. The first-order valence-corrected chi connectivity index (χ1v) is 11.2. The molecule has 1 aliphatic heterocycles. The molecule has 1 amide bonds. The van der Waals surface area contributed by atoms with Gasteiger partial charge >= 0.3 is 0 Å². The molecule has 32 heavy (non-hydrogen) atoms. The maximum atomic E-state index is 12.2. The molecule has 0 aliphatic carbocycles. The minimum absolute atomic E-state index is 0.330. The monoisotopic (exact) mass is 463 g/mol. The Labute approximate surface area is 192 Å². The third-order valence-electron chi connectivity index (χ3n) is 5.59. The van der Waals surface area contributed by atoms with Gasteiger partial charge in [0.15, 0.2) is 0 Å². The van der Waals surface area contributed by atoms with Crippen molar-refractivity contribution in [3.8, 4) is 5.88 Å². The van der Waals surface area contributed by atoms with Gasteiger partial charge in [-0.3, -0.25) is 4.79 Å². The quantitative estimate of drug-likeness (QED) is 0.457. The molecule has 3 heterocycles. The van der Waals surface area contributed by atoms with Crippen LogP contribution in [-0.4, -0.2) is 70.0 Å². The molecule has 0 saturated carbocycles. The van der Waals surface area contributed by atoms with Crippen LogP contribution < -0.4 is 15.0 Å². The summed E-state index contributed by atoms with van der Waals surface area (Å²) in [5.74, 6) is 1.48. The fourth-order valence-electron chi connectivity index (χ4n) is 3.71. The highest BCUT2D eigenvalue weighted by Gasteiger charge is 2.21. The Morgan fingerprint density at radius 3 is 2.56 bits per heavy atom. The Bertz CT molecular complexity index is 871. The Hall–Kier alpha value is -2.49. The molecule has 2 aromatic rings. The van der Waals surface area contributed by atoms with E-state index in [1.807, 2.05) is 0 Å². The van der Waals surface area contributed by atoms with Crippen LogP contribution in [0.25, 0.3) is 0 Å². The molecule has 2 aromatic heterocycles. The molecule has 0 bridgehead atoms. The molecule has 9 nitrogen and oxygen atoms in total. The number of amides is 1. The molecule has 1 aliphatic rings. The van der Waals surface area contributed by atoms with E-state index < -0.39 is 6.04 Å². The van der Waals surface area contributed by atoms with E-state index in [2.05, 4.69) is 25.2 Å². The van der Waals surface area contributed by atoms with Crippen molar-refractivity contribution < 1.29 is 19.7 Å². The van der Waals surface area contributed by atoms with Crippen molar-refractivity contribution in [3.05, 3.63) is 40.8 Å². The first-order chi connectivity index (χ1) is 15.5. The molecule has 0 radical (unpaired) electrons. The number of piperidine rings is 1. The average molecular weight is 464 g/mol. The van der Waals surface area contributed by atoms with Gasteiger partial charge in [0.25, 0.3) is 5.91 Å². The largest absolute Gasteiger partial charge is 0.478 e. The van der Waals surface area contributed by atoms with Crippen molar-refractivity contribution in [2.75, 3.05) is 37.8 Å². The van der Waals surface area contributed by atoms with Crippen molar-refractivity contribution in [1.29, 1.82) is 0 Å². The highest BCUT2D eigenvalue weighted by Crippen LogP contribution is 2.24. The number of aliphatic hydroxyl groups excluding tert-OH is 2. The predicted octanol–water partition coefficient (Wildman–Crippen LogP) is 1.99. The third-order valence-corrected chi connectivity index (χ3v) is 5.79. The Balaban J connectivity index is 1.38. The van der Waals surface area contributed by atoms with Gasteiger partial charge in [0.05, 0.1) is 54.5 Å². The van der Waals surface area contributed by atoms with E-state index in [1.54, 1.807) is 31.5 Å². The van der Waals surface area contributed by atoms with E-state index in [4.69, 9.17) is 26.6 Å². The summed E-state index contributed by atoms with van der Waals surface area (Å²) in [5.41, 5.74) is 0.923. The molecule has 0 unspecified atom stereocenters. The smallest absolute Gasteiger partial charge is 0.253 e. The first kappa shape index (κ1) is 24.2. The van der Waals surface area contributed by atoms with Crippen LogP contribution in [0.3, 0.4) is 0 Å². The zero-order chi connectivity index (χ0) is 22.9. The molecule has 0 aromatic carbocycles. The van der Waals surface area contributed by atoms with Crippen LogP contribution in [0.15, 0.2) is 24.5 Å². The highest BCUT2D eigenvalue weighted by atomic mass is 35.5. The van der Waals surface area contributed by atoms with Crippen LogP contribution in [0.5, 0.6) is 5.88 Å². The van der Waals surface area contributed by atoms with Gasteiger partial charge in [-0.2, -0.15) is 0 Å². The fourth-order valence-corrected chi connectivity index (χ4v) is 3.81. The van der Waals surface area contributed by atoms with E-state index in [9.17, 15) is 4.79 Å². The Morgan fingerprint density at radius 1 is 1.25 bits per heavy atom. The second kappa shape index (κ2) is 11.9. The number of rotatable bonds is 10. The Kier molecular flexibility index (Phi) is 9.01. The molecule has 1 saturated heterocycles. The van der Waals surface area contributed by atoms with Crippen molar-refractivity contribution in [2.45, 2.75) is 38.6 Å². The molecular formula is C22H30ClN5O4. The lowest BCUT2D eigenvalue weighted by atomic mass is 9.92. The van der Waals surface area contributed by atoms with Gasteiger partial charge in [-0.15, -0.1) is 0 Å². The molecular weight excluding hydrogens is 434 g/mol. The van der Waals surface area contributed by atoms with Gasteiger partial charge in [0.2, 0.25) is 11.8 Å². The lowest BCUT2D eigenvalue weighted by molar-refractivity contribution is 0.0878. The number of carbonyl (C=O) groups excluding carboxylic acids is 1. The summed E-state index contributed by atoms with van der Waals surface area (Å²) < 4.78 is 5.77. The number of aryl methyl sites for hydroxylation is 1. The van der Waals surface area contributed by atoms with Crippen LogP contribution >= 0.6 is 11.6 Å². The number of carbonyl (C=O) groups is 1. The number of ether oxygens (including phenoxy) is 1. The van der Waals surface area contributed by atoms with Crippen molar-refractivity contribution >= 4 is 23.5 Å². The average Bonchev–Trinajstić information content (AvgIpc) is 2.81. The number of aromatic nitrogens is 3. The fraction of sp³-hybridized carbons (Fsp3) is 0.545. The summed E-state index contributed by atoms with van der Waals surface area (Å²) in [4.78, 5) is 27.4. The number of pyridine rings is 1. The Morgan fingerprint density at radius 2 is 1.94 bits per heavy atom. The van der Waals surface area contributed by atoms with Crippen LogP contribution in [-0.2, 0) is 0 Å². The first-order valence-electron chi connectivity index (χ1n) is 10.9. The van der Waals surface area contributed by atoms with E-state index in [-0.39, 0.29) is 19.1 Å². The zero-order valence-corrected chi connectivity index (χ0v) is 19.0. The zero-order valence-electron chi connectivity index (χ0n) is 18.2. The summed E-state index contributed by atoms with van der Waals surface area (Å²) in [6.07, 6.45) is 7.45. The molecule has 1 fully saturated rings. The number of anilines is 1. The maximum Gasteiger partial charge on any atom is 0.253 e. The second-order valence-corrected chi connectivity index (χ2v) is 8.38. The van der Waals surface area contributed by atoms with E-state index in [1.165, 1.54) is 0 Å². The topological polar surface area (TPSA) is 121 Å². The molecule has 10 heteroatoms. The number of hydrogen-bond donors (Lipinski definition) is 3. The van der Waals surface area contributed by atoms with Crippen LogP contribution in [0, 0.1) is 12.8 Å². The molecule has 3 rings (SSSR count). The standard InChI is InChI=1S/C22H30ClN5O4/c1-15-19(21(31)27-18(13-29)14-30)4-5-20(26-15)32-10-2-3-16-6-8-28(9-7-16)22-24-11-17(23)12-25-22/h4-5,11-12,16,18,29-30H,2-3,6-10,13-14H2,1H3,(H,27,31). The number of halogens is 1. The van der Waals surface area contributed by atoms with Crippen molar-refractivity contribution in [3.63, 3.8) is 0 Å². The summed E-state index contributed by atoms with van der Waals surface area (Å²) >= 11 is 5.85. The minimum atomic E-state index is -0.691. The summed E-state index contributed by atoms with van der Waals surface area (Å²) in [5, 5.41) is 21.3. The maximum absolute atomic E-state index is 12.2. The molecule has 174 valence electrons. The molecule has 3 N–H and O–H groups in total. The highest BCUT2D eigenvalue weighted by molar-refractivity contribution is 6.30. The van der Waals surface area contributed by atoms with Gasteiger partial charge in [0, 0.05) is 19.2 Å². The van der Waals surface area contributed by atoms with Gasteiger partial charge < -0.3 is 25.2 Å². The van der Waals surface area contributed by atoms with Crippen LogP contribution in [0.2, 0.25) is 5.02 Å². The summed E-state index contributed by atoms with van der Waals surface area (Å²) in [7, 11) is 0. The SMILES string of the molecule is Cc1nc(OCCCC2CCN(c3ncc(Cl)cn3)CC2)ccc1C(=O)NC(CO)CO. The minimum Gasteiger partial charge on any atom is -0.478 e. The molecule has 0 atom stereocenters. The van der Waals surface area contributed by atoms with E-state index in [0.29, 0.717) is 34.7 Å². The number of nitrogens with zero attached hydrogens (tertiary/aromatic N) is 4. The third kappa shape index (κ3) is 6.75. The second-order valence-electron chi connectivity index (χ2n) is 7.94. The van der Waals surface area contributed by atoms with Crippen LogP contribution in [0.4, 0.5) is 5.95 Å². The van der Waals surface area contributed by atoms with Gasteiger partial charge in [0.1, 0.15) is 0 Å². The summed E-state index contributed by atoms with van der Waals surface area (Å²) in [6, 6.07) is 2.62. The van der Waals surface area contributed by atoms with Gasteiger partial charge in [-0.25, -0.2) is 15.0 Å². The van der Waals surface area contributed by atoms with Gasteiger partial charge in [-0.05, 0) is 44.6 Å². The van der Waals surface area contributed by atoms with E-state index in [0.717, 1.165) is 44.7 Å². The lowest BCUT2D eigenvalue weighted by Crippen LogP contribution is -2.40. The molecule has 0 spiro atoms. The number of nitrogens with one attached hydrogen (secondary N) is 1. The van der Waals surface area contributed by atoms with Gasteiger partial charge in [-0.1, -0.05) is 11.6 Å². The van der Waals surface area contributed by atoms with Crippen molar-refractivity contribution in [2.24, 2.45) is 5.92 Å². The van der Waals surface area contributed by atoms with Crippen LogP contribution in [0.1, 0.15) is 41.7 Å². The van der Waals surface area contributed by atoms with E-state index >= 15 is 0 Å². The van der Waals surface area contributed by atoms with Crippen molar-refractivity contribution in [1.82, 2.24) is 20.3 Å².